The van der Waals surface area contributed by atoms with Gasteiger partial charge in [-0.3, -0.25) is 14.4 Å². The SMILES string of the molecule is CC(=O)C1=NN(c2ccc(Cl)cc2)C2=NC(=O)/C(=C/c3ccc(Cl)cc3Cl)C(=O)N12. The number of halogens is 3. The van der Waals surface area contributed by atoms with Crippen molar-refractivity contribution in [3.8, 4) is 0 Å². The van der Waals surface area contributed by atoms with Crippen LogP contribution in [0.2, 0.25) is 15.1 Å². The number of benzene rings is 2. The number of aliphatic imine (C=N–C) groups is 1. The van der Waals surface area contributed by atoms with E-state index < -0.39 is 17.6 Å². The highest BCUT2D eigenvalue weighted by Gasteiger charge is 2.44. The summed E-state index contributed by atoms with van der Waals surface area (Å²) in [5.41, 5.74) is 0.634. The summed E-state index contributed by atoms with van der Waals surface area (Å²) in [5, 5.41) is 6.60. The van der Waals surface area contributed by atoms with E-state index >= 15 is 0 Å². The fourth-order valence-corrected chi connectivity index (χ4v) is 3.49. The van der Waals surface area contributed by atoms with Gasteiger partial charge < -0.3 is 0 Å². The van der Waals surface area contributed by atoms with E-state index in [0.717, 1.165) is 4.90 Å². The summed E-state index contributed by atoms with van der Waals surface area (Å²) in [5.74, 6) is -2.23. The number of anilines is 1. The second-order valence-electron chi connectivity index (χ2n) is 6.35. The molecule has 0 saturated carbocycles. The summed E-state index contributed by atoms with van der Waals surface area (Å²) in [7, 11) is 0. The van der Waals surface area contributed by atoms with E-state index in [-0.39, 0.29) is 22.4 Å². The number of Topliss-reactive ketones (excluding diaryl/α,β-unsaturated/α-hetero) is 1. The van der Waals surface area contributed by atoms with E-state index in [1.54, 1.807) is 36.4 Å². The Labute approximate surface area is 185 Å². The average molecular weight is 462 g/mol. The Morgan fingerprint density at radius 3 is 2.30 bits per heavy atom. The van der Waals surface area contributed by atoms with Crippen LogP contribution in [0.15, 0.2) is 58.1 Å². The maximum atomic E-state index is 13.2. The van der Waals surface area contributed by atoms with Crippen LogP contribution < -0.4 is 5.01 Å². The van der Waals surface area contributed by atoms with Crippen LogP contribution in [0.5, 0.6) is 0 Å². The standard InChI is InChI=1S/C20H11Cl3N4O3/c1-10(28)17-25-27(14-6-4-12(21)5-7-14)20-24-18(29)15(19(30)26(17)20)8-11-2-3-13(22)9-16(11)23/h2-9H,1H3/b15-8-. The van der Waals surface area contributed by atoms with Crippen molar-refractivity contribution in [2.75, 3.05) is 5.01 Å². The van der Waals surface area contributed by atoms with Gasteiger partial charge >= 0.3 is 0 Å². The molecule has 2 aliphatic rings. The average Bonchev–Trinajstić information content (AvgIpc) is 3.07. The summed E-state index contributed by atoms with van der Waals surface area (Å²) >= 11 is 18.0. The van der Waals surface area contributed by atoms with Gasteiger partial charge in [-0.15, -0.1) is 5.10 Å². The number of hydrazone groups is 1. The van der Waals surface area contributed by atoms with Crippen LogP contribution in [0.4, 0.5) is 5.69 Å². The second kappa shape index (κ2) is 7.68. The first-order valence-corrected chi connectivity index (χ1v) is 9.69. The maximum absolute atomic E-state index is 13.2. The minimum atomic E-state index is -0.781. The molecule has 4 rings (SSSR count). The zero-order valence-electron chi connectivity index (χ0n) is 15.3. The van der Waals surface area contributed by atoms with Crippen LogP contribution >= 0.6 is 34.8 Å². The van der Waals surface area contributed by atoms with Gasteiger partial charge in [-0.2, -0.15) is 10.0 Å². The first kappa shape index (κ1) is 20.3. The molecule has 0 aromatic heterocycles. The smallest absolute Gasteiger partial charge is 0.285 e. The number of rotatable bonds is 3. The Bertz CT molecular complexity index is 1200. The Morgan fingerprint density at radius 1 is 1.00 bits per heavy atom. The number of hydrogen-bond donors (Lipinski definition) is 0. The zero-order valence-corrected chi connectivity index (χ0v) is 17.5. The van der Waals surface area contributed by atoms with Crippen LogP contribution in [0.1, 0.15) is 12.5 Å². The largest absolute Gasteiger partial charge is 0.291 e. The van der Waals surface area contributed by atoms with E-state index in [4.69, 9.17) is 34.8 Å². The van der Waals surface area contributed by atoms with Gasteiger partial charge in [0.15, 0.2) is 5.78 Å². The van der Waals surface area contributed by atoms with Crippen LogP contribution in [-0.2, 0) is 14.4 Å². The molecule has 0 spiro atoms. The number of amidine groups is 1. The van der Waals surface area contributed by atoms with Gasteiger partial charge in [0.25, 0.3) is 11.8 Å². The van der Waals surface area contributed by atoms with Crippen molar-refractivity contribution in [1.29, 1.82) is 0 Å². The van der Waals surface area contributed by atoms with E-state index in [2.05, 4.69) is 10.1 Å². The first-order valence-electron chi connectivity index (χ1n) is 8.55. The quantitative estimate of drug-likeness (QED) is 0.507. The molecule has 0 unspecified atom stereocenters. The first-order chi connectivity index (χ1) is 14.3. The third kappa shape index (κ3) is 3.52. The predicted molar refractivity (Wildman–Crippen MR) is 116 cm³/mol. The highest BCUT2D eigenvalue weighted by atomic mass is 35.5. The van der Waals surface area contributed by atoms with Crippen LogP contribution in [0, 0.1) is 0 Å². The minimum absolute atomic E-state index is 0.0862. The van der Waals surface area contributed by atoms with Crippen molar-refractivity contribution in [1.82, 2.24) is 4.90 Å². The highest BCUT2D eigenvalue weighted by molar-refractivity contribution is 6.51. The predicted octanol–water partition coefficient (Wildman–Crippen LogP) is 4.18. The lowest BCUT2D eigenvalue weighted by molar-refractivity contribution is -0.126. The Morgan fingerprint density at radius 2 is 1.67 bits per heavy atom. The van der Waals surface area contributed by atoms with Crippen molar-refractivity contribution < 1.29 is 14.4 Å². The zero-order chi connectivity index (χ0) is 21.6. The topological polar surface area (TPSA) is 82.4 Å². The summed E-state index contributed by atoms with van der Waals surface area (Å²) in [4.78, 5) is 43.0. The molecule has 2 aliphatic heterocycles. The number of carbonyl (C=O) groups excluding carboxylic acids is 3. The number of guanidine groups is 1. The molecule has 0 fully saturated rings. The monoisotopic (exact) mass is 460 g/mol. The number of fused-ring (bicyclic) bond motifs is 1. The molecule has 10 heteroatoms. The molecular weight excluding hydrogens is 451 g/mol. The fourth-order valence-electron chi connectivity index (χ4n) is 2.90. The van der Waals surface area contributed by atoms with Gasteiger partial charge in [0, 0.05) is 22.0 Å². The van der Waals surface area contributed by atoms with Gasteiger partial charge in [0.1, 0.15) is 5.57 Å². The van der Waals surface area contributed by atoms with E-state index in [0.29, 0.717) is 21.3 Å². The normalized spacial score (nSPS) is 17.3. The number of ketones is 1. The van der Waals surface area contributed by atoms with E-state index in [9.17, 15) is 14.4 Å². The summed E-state index contributed by atoms with van der Waals surface area (Å²) < 4.78 is 0. The summed E-state index contributed by atoms with van der Waals surface area (Å²) in [6, 6.07) is 11.1. The molecule has 2 heterocycles. The van der Waals surface area contributed by atoms with Crippen molar-refractivity contribution in [2.24, 2.45) is 10.1 Å². The maximum Gasteiger partial charge on any atom is 0.285 e. The second-order valence-corrected chi connectivity index (χ2v) is 7.63. The molecule has 2 aromatic rings. The molecule has 0 bridgehead atoms. The molecule has 0 saturated heterocycles. The third-order valence-electron chi connectivity index (χ3n) is 4.31. The lowest BCUT2D eigenvalue weighted by atomic mass is 10.1. The number of hydrogen-bond acceptors (Lipinski definition) is 5. The lowest BCUT2D eigenvalue weighted by Gasteiger charge is -2.24. The van der Waals surface area contributed by atoms with Gasteiger partial charge in [-0.1, -0.05) is 40.9 Å². The molecule has 7 nitrogen and oxygen atoms in total. The number of carbonyl (C=O) groups is 3. The molecule has 0 N–H and O–H groups in total. The Balaban J connectivity index is 1.81. The molecule has 0 atom stereocenters. The van der Waals surface area contributed by atoms with Crippen LogP contribution in [-0.4, -0.2) is 34.3 Å². The molecule has 0 aliphatic carbocycles. The molecular formula is C20H11Cl3N4O3. The van der Waals surface area contributed by atoms with Gasteiger partial charge in [-0.05, 0) is 48.0 Å². The van der Waals surface area contributed by atoms with E-state index in [1.165, 1.54) is 24.1 Å². The summed E-state index contributed by atoms with van der Waals surface area (Å²) in [6.07, 6.45) is 1.31. The Hall–Kier alpha value is -3.00. The summed E-state index contributed by atoms with van der Waals surface area (Å²) in [6.45, 7) is 1.27. The van der Waals surface area contributed by atoms with Gasteiger partial charge in [-0.25, -0.2) is 4.90 Å². The minimum Gasteiger partial charge on any atom is -0.291 e. The van der Waals surface area contributed by atoms with Crippen molar-refractivity contribution in [3.05, 3.63) is 68.7 Å². The van der Waals surface area contributed by atoms with Crippen molar-refractivity contribution in [3.63, 3.8) is 0 Å². The molecule has 2 aromatic carbocycles. The molecule has 2 amide bonds. The lowest BCUT2D eigenvalue weighted by Crippen LogP contribution is -2.49. The highest BCUT2D eigenvalue weighted by Crippen LogP contribution is 2.30. The van der Waals surface area contributed by atoms with Gasteiger partial charge in [0.2, 0.25) is 11.8 Å². The van der Waals surface area contributed by atoms with Crippen LogP contribution in [0.3, 0.4) is 0 Å². The van der Waals surface area contributed by atoms with Crippen molar-refractivity contribution in [2.45, 2.75) is 6.92 Å². The number of nitrogens with zero attached hydrogens (tertiary/aromatic N) is 4. The van der Waals surface area contributed by atoms with Crippen LogP contribution in [0.25, 0.3) is 6.08 Å². The van der Waals surface area contributed by atoms with E-state index in [1.807, 2.05) is 0 Å². The van der Waals surface area contributed by atoms with Gasteiger partial charge in [0.05, 0.1) is 5.69 Å². The van der Waals surface area contributed by atoms with Crippen molar-refractivity contribution >= 4 is 76.0 Å². The Kier molecular flexibility index (Phi) is 5.19. The third-order valence-corrected chi connectivity index (χ3v) is 5.12. The fraction of sp³-hybridized carbons (Fsp3) is 0.0500. The molecule has 150 valence electrons. The molecule has 0 radical (unpaired) electrons. The number of amides is 2. The molecule has 30 heavy (non-hydrogen) atoms.